The Morgan fingerprint density at radius 1 is 1.00 bits per heavy atom. The zero-order valence-corrected chi connectivity index (χ0v) is 15.6. The summed E-state index contributed by atoms with van der Waals surface area (Å²) >= 11 is 0. The molecule has 0 saturated heterocycles. The first kappa shape index (κ1) is 18.3. The van der Waals surface area contributed by atoms with Gasteiger partial charge < -0.3 is 4.74 Å². The highest BCUT2D eigenvalue weighted by atomic mass is 32.2. The van der Waals surface area contributed by atoms with Crippen LogP contribution in [0.1, 0.15) is 31.4 Å². The van der Waals surface area contributed by atoms with Crippen LogP contribution in [0.25, 0.3) is 11.1 Å². The van der Waals surface area contributed by atoms with Crippen LogP contribution in [-0.2, 0) is 19.4 Å². The van der Waals surface area contributed by atoms with Crippen molar-refractivity contribution in [2.75, 3.05) is 6.26 Å². The molecule has 2 aromatic carbocycles. The van der Waals surface area contributed by atoms with Crippen LogP contribution in [0.15, 0.2) is 53.4 Å². The van der Waals surface area contributed by atoms with E-state index in [0.29, 0.717) is 28.7 Å². The van der Waals surface area contributed by atoms with Crippen molar-refractivity contribution in [1.29, 1.82) is 0 Å². The van der Waals surface area contributed by atoms with Crippen molar-refractivity contribution in [3.05, 3.63) is 65.5 Å². The van der Waals surface area contributed by atoms with Crippen molar-refractivity contribution in [2.45, 2.75) is 30.8 Å². The Morgan fingerprint density at radius 2 is 1.54 bits per heavy atom. The molecule has 0 spiro atoms. The van der Waals surface area contributed by atoms with Crippen LogP contribution < -0.4 is 0 Å². The number of hydrogen-bond donors (Lipinski definition) is 0. The number of cyclic esters (lactones) is 1. The van der Waals surface area contributed by atoms with Crippen LogP contribution in [0.5, 0.6) is 0 Å². The molecule has 0 N–H and O–H groups in total. The molecule has 0 unspecified atom stereocenters. The van der Waals surface area contributed by atoms with E-state index in [2.05, 4.69) is 0 Å². The Kier molecular flexibility index (Phi) is 4.48. The summed E-state index contributed by atoms with van der Waals surface area (Å²) in [5.74, 6) is -0.860. The lowest BCUT2D eigenvalue weighted by Crippen LogP contribution is -2.26. The van der Waals surface area contributed by atoms with E-state index < -0.39 is 27.2 Å². The Balaban J connectivity index is 2.22. The Morgan fingerprint density at radius 3 is 2.04 bits per heavy atom. The number of rotatable bonds is 4. The van der Waals surface area contributed by atoms with E-state index in [4.69, 9.17) is 4.74 Å². The molecule has 0 saturated carbocycles. The summed E-state index contributed by atoms with van der Waals surface area (Å²) in [4.78, 5) is 12.8. The highest BCUT2D eigenvalue weighted by Gasteiger charge is 2.43. The van der Waals surface area contributed by atoms with Crippen molar-refractivity contribution in [2.24, 2.45) is 0 Å². The Labute approximate surface area is 152 Å². The molecule has 1 aliphatic heterocycles. The van der Waals surface area contributed by atoms with Gasteiger partial charge in [0.2, 0.25) is 0 Å². The number of hydrogen-bond acceptors (Lipinski definition) is 4. The lowest BCUT2D eigenvalue weighted by atomic mass is 9.84. The van der Waals surface area contributed by atoms with Crippen molar-refractivity contribution < 1.29 is 22.3 Å². The van der Waals surface area contributed by atoms with Crippen molar-refractivity contribution in [1.82, 2.24) is 0 Å². The molecular weight excluding hydrogens is 355 g/mol. The highest BCUT2D eigenvalue weighted by Crippen LogP contribution is 2.45. The quantitative estimate of drug-likeness (QED) is 0.763. The number of ether oxygens (including phenoxy) is 1. The van der Waals surface area contributed by atoms with Crippen molar-refractivity contribution in [3.8, 4) is 0 Å². The largest absolute Gasteiger partial charge is 0.451 e. The Hall–Kier alpha value is -2.47. The maximum absolute atomic E-state index is 13.3. The van der Waals surface area contributed by atoms with E-state index in [1.54, 1.807) is 12.1 Å². The summed E-state index contributed by atoms with van der Waals surface area (Å²) in [6.07, 6.45) is 1.69. The number of esters is 1. The third kappa shape index (κ3) is 3.17. The van der Waals surface area contributed by atoms with Crippen LogP contribution >= 0.6 is 0 Å². The first-order valence-electron chi connectivity index (χ1n) is 8.20. The van der Waals surface area contributed by atoms with E-state index in [9.17, 15) is 17.6 Å². The second-order valence-corrected chi connectivity index (χ2v) is 8.54. The van der Waals surface area contributed by atoms with Gasteiger partial charge in [-0.25, -0.2) is 17.6 Å². The Bertz CT molecular complexity index is 989. The minimum Gasteiger partial charge on any atom is -0.451 e. The maximum atomic E-state index is 13.3. The van der Waals surface area contributed by atoms with E-state index in [1.807, 2.05) is 13.8 Å². The average molecular weight is 374 g/mol. The number of halogens is 1. The van der Waals surface area contributed by atoms with E-state index in [-0.39, 0.29) is 4.90 Å². The van der Waals surface area contributed by atoms with Crippen LogP contribution in [0.2, 0.25) is 0 Å². The van der Waals surface area contributed by atoms with Gasteiger partial charge in [-0.1, -0.05) is 31.2 Å². The molecule has 1 atom stereocenters. The summed E-state index contributed by atoms with van der Waals surface area (Å²) in [6.45, 7) is 3.73. The molecule has 0 aromatic heterocycles. The molecule has 0 fully saturated rings. The number of carbonyl (C=O) groups is 1. The summed E-state index contributed by atoms with van der Waals surface area (Å²) in [5.41, 5.74) is 1.48. The minimum atomic E-state index is -3.31. The molecule has 1 aliphatic rings. The van der Waals surface area contributed by atoms with E-state index in [1.165, 1.54) is 36.4 Å². The second kappa shape index (κ2) is 6.36. The molecule has 136 valence electrons. The lowest BCUT2D eigenvalue weighted by molar-refractivity contribution is -0.143. The molecule has 26 heavy (non-hydrogen) atoms. The van der Waals surface area contributed by atoms with Crippen LogP contribution in [0.4, 0.5) is 4.39 Å². The van der Waals surface area contributed by atoms with Gasteiger partial charge in [0, 0.05) is 11.8 Å². The topological polar surface area (TPSA) is 60.4 Å². The molecule has 0 bridgehead atoms. The molecule has 2 aromatic rings. The fraction of sp³-hybridized carbons (Fsp3) is 0.250. The molecule has 4 nitrogen and oxygen atoms in total. The molecule has 3 rings (SSSR count). The maximum Gasteiger partial charge on any atom is 0.340 e. The standard InChI is InChI=1S/C20H19FO4S/c1-4-20(2)18(14-7-11-16(12-8-14)26(3,23)24)17(19(22)25-20)13-5-9-15(21)10-6-13/h5-12H,4H2,1-3H3/t20-/m0/s1. The van der Waals surface area contributed by atoms with E-state index in [0.717, 1.165) is 6.26 Å². The van der Waals surface area contributed by atoms with Gasteiger partial charge in [0.25, 0.3) is 0 Å². The average Bonchev–Trinajstić information content (AvgIpc) is 2.86. The molecule has 0 aliphatic carbocycles. The molecule has 0 radical (unpaired) electrons. The monoisotopic (exact) mass is 374 g/mol. The van der Waals surface area contributed by atoms with Gasteiger partial charge in [-0.05, 0) is 48.7 Å². The first-order valence-corrected chi connectivity index (χ1v) is 10.1. The molecule has 6 heteroatoms. The highest BCUT2D eigenvalue weighted by molar-refractivity contribution is 7.90. The van der Waals surface area contributed by atoms with Gasteiger partial charge in [-0.3, -0.25) is 0 Å². The fourth-order valence-electron chi connectivity index (χ4n) is 3.12. The van der Waals surface area contributed by atoms with E-state index >= 15 is 0 Å². The predicted molar refractivity (Wildman–Crippen MR) is 97.6 cm³/mol. The molecular formula is C20H19FO4S. The van der Waals surface area contributed by atoms with Crippen molar-refractivity contribution >= 4 is 27.0 Å². The summed E-state index contributed by atoms with van der Waals surface area (Å²) < 4.78 is 42.3. The number of sulfone groups is 1. The van der Waals surface area contributed by atoms with Gasteiger partial charge in [0.1, 0.15) is 11.4 Å². The minimum absolute atomic E-state index is 0.202. The van der Waals surface area contributed by atoms with Crippen LogP contribution in [-0.4, -0.2) is 26.2 Å². The fourth-order valence-corrected chi connectivity index (χ4v) is 3.75. The predicted octanol–water partition coefficient (Wildman–Crippen LogP) is 3.87. The van der Waals surface area contributed by atoms with Crippen LogP contribution in [0, 0.1) is 5.82 Å². The molecule has 1 heterocycles. The number of carbonyl (C=O) groups excluding carboxylic acids is 1. The van der Waals surface area contributed by atoms with Gasteiger partial charge >= 0.3 is 5.97 Å². The van der Waals surface area contributed by atoms with Crippen molar-refractivity contribution in [3.63, 3.8) is 0 Å². The van der Waals surface area contributed by atoms with Gasteiger partial charge in [0.15, 0.2) is 9.84 Å². The zero-order chi connectivity index (χ0) is 19.1. The SMILES string of the molecule is CC[C@]1(C)OC(=O)C(c2ccc(F)cc2)=C1c1ccc(S(C)(=O)=O)cc1. The van der Waals surface area contributed by atoms with Gasteiger partial charge in [0.05, 0.1) is 10.5 Å². The summed E-state index contributed by atoms with van der Waals surface area (Å²) in [6, 6.07) is 12.0. The van der Waals surface area contributed by atoms with Crippen LogP contribution in [0.3, 0.4) is 0 Å². The summed E-state index contributed by atoms with van der Waals surface area (Å²) in [5, 5.41) is 0. The summed E-state index contributed by atoms with van der Waals surface area (Å²) in [7, 11) is -3.31. The zero-order valence-electron chi connectivity index (χ0n) is 14.7. The third-order valence-electron chi connectivity index (χ3n) is 4.68. The first-order chi connectivity index (χ1) is 12.2. The molecule has 0 amide bonds. The normalized spacial score (nSPS) is 20.4. The second-order valence-electron chi connectivity index (χ2n) is 6.53. The lowest BCUT2D eigenvalue weighted by Gasteiger charge is -2.25. The number of benzene rings is 2. The van der Waals surface area contributed by atoms with Gasteiger partial charge in [-0.15, -0.1) is 0 Å². The van der Waals surface area contributed by atoms with Gasteiger partial charge in [-0.2, -0.15) is 0 Å². The smallest absolute Gasteiger partial charge is 0.340 e. The third-order valence-corrected chi connectivity index (χ3v) is 5.81.